The second-order valence-electron chi connectivity index (χ2n) is 3.64. The molecule has 2 unspecified atom stereocenters. The van der Waals surface area contributed by atoms with Crippen LogP contribution < -0.4 is 0 Å². The zero-order valence-corrected chi connectivity index (χ0v) is 9.06. The summed E-state index contributed by atoms with van der Waals surface area (Å²) in [5, 5.41) is 0. The Labute approximate surface area is 86.1 Å². The van der Waals surface area contributed by atoms with Crippen LogP contribution in [0.2, 0.25) is 0 Å². The van der Waals surface area contributed by atoms with E-state index in [0.717, 1.165) is 19.6 Å². The molecule has 2 atom stereocenters. The van der Waals surface area contributed by atoms with Gasteiger partial charge >= 0.3 is 0 Å². The third-order valence-electron chi connectivity index (χ3n) is 2.85. The summed E-state index contributed by atoms with van der Waals surface area (Å²) in [5.74, 6) is 2.03. The summed E-state index contributed by atoms with van der Waals surface area (Å²) in [6, 6.07) is 0. The first kappa shape index (κ1) is 11.1. The largest absolute Gasteiger partial charge is 0.301 e. The van der Waals surface area contributed by atoms with Crippen molar-refractivity contribution in [1.29, 1.82) is 0 Å². The Bertz CT molecular complexity index is 213. The van der Waals surface area contributed by atoms with Crippen molar-refractivity contribution < 1.29 is 0 Å². The van der Waals surface area contributed by atoms with E-state index in [1.54, 1.807) is 0 Å². The smallest absolute Gasteiger partial charge is 0.0420 e. The van der Waals surface area contributed by atoms with E-state index in [-0.39, 0.29) is 0 Å². The number of aliphatic imine (C=N–C) groups is 3. The minimum atomic E-state index is 0.667. The van der Waals surface area contributed by atoms with Crippen molar-refractivity contribution in [2.75, 3.05) is 19.6 Å². The standard InChI is InChI=1S/C11H19N3/c1-4-13-7-10-9(6-12-3)11(10)8-14-5-2/h4-5,9-11H,3,6-8H2,1-2H3. The van der Waals surface area contributed by atoms with Crippen molar-refractivity contribution in [3.8, 4) is 0 Å². The highest BCUT2D eigenvalue weighted by Crippen LogP contribution is 2.46. The molecule has 0 radical (unpaired) electrons. The first-order valence-corrected chi connectivity index (χ1v) is 5.16. The highest BCUT2D eigenvalue weighted by molar-refractivity contribution is 5.53. The molecule has 0 heterocycles. The summed E-state index contributed by atoms with van der Waals surface area (Å²) in [6.07, 6.45) is 3.74. The molecule has 1 aliphatic rings. The molecule has 1 aliphatic carbocycles. The Balaban J connectivity index is 2.37. The molecule has 1 saturated carbocycles. The first-order valence-electron chi connectivity index (χ1n) is 5.16. The first-order chi connectivity index (χ1) is 6.85. The van der Waals surface area contributed by atoms with Crippen molar-refractivity contribution in [1.82, 2.24) is 0 Å². The molecular weight excluding hydrogens is 174 g/mol. The van der Waals surface area contributed by atoms with E-state index in [1.807, 2.05) is 26.3 Å². The molecule has 3 nitrogen and oxygen atoms in total. The van der Waals surface area contributed by atoms with Crippen LogP contribution in [0.3, 0.4) is 0 Å². The Morgan fingerprint density at radius 3 is 1.71 bits per heavy atom. The highest BCUT2D eigenvalue weighted by atomic mass is 14.8. The lowest BCUT2D eigenvalue weighted by molar-refractivity contribution is 0.719. The Kier molecular flexibility index (Phi) is 4.50. The summed E-state index contributed by atoms with van der Waals surface area (Å²) >= 11 is 0. The molecule has 0 aliphatic heterocycles. The van der Waals surface area contributed by atoms with E-state index >= 15 is 0 Å². The van der Waals surface area contributed by atoms with Gasteiger partial charge in [-0.2, -0.15) is 0 Å². The maximum absolute atomic E-state index is 4.29. The molecule has 78 valence electrons. The van der Waals surface area contributed by atoms with E-state index in [4.69, 9.17) is 0 Å². The Morgan fingerprint density at radius 1 is 0.929 bits per heavy atom. The summed E-state index contributed by atoms with van der Waals surface area (Å²) < 4.78 is 0. The Morgan fingerprint density at radius 2 is 1.36 bits per heavy atom. The molecule has 0 aromatic rings. The number of hydrogen-bond acceptors (Lipinski definition) is 3. The predicted octanol–water partition coefficient (Wildman–Crippen LogP) is 1.73. The van der Waals surface area contributed by atoms with Gasteiger partial charge in [-0.3, -0.25) is 9.98 Å². The molecule has 1 fully saturated rings. The summed E-state index contributed by atoms with van der Waals surface area (Å²) in [5.41, 5.74) is 0. The minimum Gasteiger partial charge on any atom is -0.301 e. The van der Waals surface area contributed by atoms with Crippen LogP contribution in [-0.4, -0.2) is 38.8 Å². The molecule has 0 aromatic carbocycles. The maximum atomic E-state index is 4.29. The molecular formula is C11H19N3. The van der Waals surface area contributed by atoms with E-state index < -0.39 is 0 Å². The Hall–Kier alpha value is -0.990. The molecule has 1 rings (SSSR count). The minimum absolute atomic E-state index is 0.667. The molecule has 0 saturated heterocycles. The van der Waals surface area contributed by atoms with E-state index in [1.165, 1.54) is 0 Å². The number of rotatable bonds is 6. The van der Waals surface area contributed by atoms with Gasteiger partial charge in [-0.05, 0) is 50.7 Å². The van der Waals surface area contributed by atoms with Gasteiger partial charge in [-0.15, -0.1) is 0 Å². The van der Waals surface area contributed by atoms with Crippen LogP contribution in [0.1, 0.15) is 13.8 Å². The third kappa shape index (κ3) is 2.76. The van der Waals surface area contributed by atoms with Gasteiger partial charge in [-0.1, -0.05) is 0 Å². The second-order valence-corrected chi connectivity index (χ2v) is 3.64. The summed E-state index contributed by atoms with van der Waals surface area (Å²) in [7, 11) is 0. The fourth-order valence-corrected chi connectivity index (χ4v) is 1.94. The van der Waals surface area contributed by atoms with Crippen molar-refractivity contribution in [3.05, 3.63) is 0 Å². The van der Waals surface area contributed by atoms with Crippen molar-refractivity contribution in [3.63, 3.8) is 0 Å². The van der Waals surface area contributed by atoms with Gasteiger partial charge in [0.1, 0.15) is 0 Å². The fraction of sp³-hybridized carbons (Fsp3) is 0.727. The fourth-order valence-electron chi connectivity index (χ4n) is 1.94. The van der Waals surface area contributed by atoms with Crippen LogP contribution >= 0.6 is 0 Å². The van der Waals surface area contributed by atoms with Gasteiger partial charge in [-0.25, -0.2) is 0 Å². The van der Waals surface area contributed by atoms with Crippen LogP contribution in [0.15, 0.2) is 15.0 Å². The van der Waals surface area contributed by atoms with Crippen LogP contribution in [0.25, 0.3) is 0 Å². The summed E-state index contributed by atoms with van der Waals surface area (Å²) in [6.45, 7) is 10.2. The quantitative estimate of drug-likeness (QED) is 0.576. The topological polar surface area (TPSA) is 37.1 Å². The van der Waals surface area contributed by atoms with Gasteiger partial charge in [0.05, 0.1) is 0 Å². The van der Waals surface area contributed by atoms with Crippen molar-refractivity contribution in [2.24, 2.45) is 32.7 Å². The van der Waals surface area contributed by atoms with Crippen LogP contribution in [0.4, 0.5) is 0 Å². The average Bonchev–Trinajstić information content (AvgIpc) is 2.85. The van der Waals surface area contributed by atoms with Crippen LogP contribution in [-0.2, 0) is 0 Å². The monoisotopic (exact) mass is 193 g/mol. The lowest BCUT2D eigenvalue weighted by Gasteiger charge is -1.90. The molecule has 14 heavy (non-hydrogen) atoms. The van der Waals surface area contributed by atoms with Gasteiger partial charge in [0, 0.05) is 19.6 Å². The van der Waals surface area contributed by atoms with Gasteiger partial charge in [0.25, 0.3) is 0 Å². The predicted molar refractivity (Wildman–Crippen MR) is 63.0 cm³/mol. The number of hydrogen-bond donors (Lipinski definition) is 0. The third-order valence-corrected chi connectivity index (χ3v) is 2.85. The zero-order chi connectivity index (χ0) is 10.4. The molecule has 0 spiro atoms. The second kappa shape index (κ2) is 5.68. The molecule has 3 heteroatoms. The van der Waals surface area contributed by atoms with E-state index in [2.05, 4.69) is 21.7 Å². The zero-order valence-electron chi connectivity index (χ0n) is 9.06. The number of nitrogens with zero attached hydrogens (tertiary/aromatic N) is 3. The summed E-state index contributed by atoms with van der Waals surface area (Å²) in [4.78, 5) is 12.5. The molecule has 0 N–H and O–H groups in total. The average molecular weight is 193 g/mol. The van der Waals surface area contributed by atoms with E-state index in [0.29, 0.717) is 17.8 Å². The normalized spacial score (nSPS) is 31.4. The van der Waals surface area contributed by atoms with Gasteiger partial charge in [0.15, 0.2) is 0 Å². The van der Waals surface area contributed by atoms with Crippen molar-refractivity contribution >= 4 is 19.1 Å². The highest BCUT2D eigenvalue weighted by Gasteiger charge is 2.48. The van der Waals surface area contributed by atoms with Gasteiger partial charge < -0.3 is 4.99 Å². The van der Waals surface area contributed by atoms with Crippen molar-refractivity contribution in [2.45, 2.75) is 13.8 Å². The molecule has 0 bridgehead atoms. The lowest BCUT2D eigenvalue weighted by Crippen LogP contribution is -1.91. The van der Waals surface area contributed by atoms with E-state index in [9.17, 15) is 0 Å². The van der Waals surface area contributed by atoms with Gasteiger partial charge in [0.2, 0.25) is 0 Å². The SMILES string of the molecule is C=NCC1C(CN=CC)C1CN=CC. The lowest BCUT2D eigenvalue weighted by atomic mass is 10.3. The van der Waals surface area contributed by atoms with Crippen LogP contribution in [0.5, 0.6) is 0 Å². The van der Waals surface area contributed by atoms with Crippen LogP contribution in [0, 0.1) is 17.8 Å². The molecule has 0 amide bonds. The maximum Gasteiger partial charge on any atom is 0.0420 e. The molecule has 0 aromatic heterocycles.